The first-order chi connectivity index (χ1) is 14.1. The molecule has 0 spiro atoms. The summed E-state index contributed by atoms with van der Waals surface area (Å²) in [5.74, 6) is 1.64. The minimum atomic E-state index is -0.0168. The highest BCUT2D eigenvalue weighted by atomic mass is 16.5. The maximum absolute atomic E-state index is 12.8. The van der Waals surface area contributed by atoms with Gasteiger partial charge in [0.1, 0.15) is 12.4 Å². The number of aryl methyl sites for hydroxylation is 1. The standard InChI is InChI=1S/C24H34N2O3/c1-4-26(24(27)23-10-9-22(29-23)18-28-3)17-20-11-14-25(15-12-20)16-13-21-8-6-5-7-19(21)2/h5-10,20H,4,11-18H2,1-3H3. The van der Waals surface area contributed by atoms with Crippen molar-refractivity contribution in [3.8, 4) is 0 Å². The first-order valence-corrected chi connectivity index (χ1v) is 10.7. The Labute approximate surface area is 174 Å². The molecule has 3 rings (SSSR count). The van der Waals surface area contributed by atoms with Crippen molar-refractivity contribution in [3.63, 3.8) is 0 Å². The zero-order valence-electron chi connectivity index (χ0n) is 18.0. The maximum Gasteiger partial charge on any atom is 0.289 e. The van der Waals surface area contributed by atoms with Gasteiger partial charge in [-0.15, -0.1) is 0 Å². The lowest BCUT2D eigenvalue weighted by atomic mass is 9.95. The van der Waals surface area contributed by atoms with Crippen molar-refractivity contribution < 1.29 is 13.9 Å². The van der Waals surface area contributed by atoms with E-state index >= 15 is 0 Å². The van der Waals surface area contributed by atoms with Crippen LogP contribution in [0.4, 0.5) is 0 Å². The number of carbonyl (C=O) groups excluding carboxylic acids is 1. The molecule has 0 saturated carbocycles. The summed E-state index contributed by atoms with van der Waals surface area (Å²) in [5, 5.41) is 0. The normalized spacial score (nSPS) is 15.6. The number of ether oxygens (including phenoxy) is 1. The summed E-state index contributed by atoms with van der Waals surface area (Å²) in [7, 11) is 1.62. The first-order valence-electron chi connectivity index (χ1n) is 10.7. The Balaban J connectivity index is 1.45. The van der Waals surface area contributed by atoms with Gasteiger partial charge >= 0.3 is 0 Å². The highest BCUT2D eigenvalue weighted by Gasteiger charge is 2.25. The molecule has 2 aromatic rings. The molecule has 29 heavy (non-hydrogen) atoms. The van der Waals surface area contributed by atoms with Crippen molar-refractivity contribution in [2.24, 2.45) is 5.92 Å². The molecule has 2 heterocycles. The van der Waals surface area contributed by atoms with Gasteiger partial charge in [-0.3, -0.25) is 4.79 Å². The summed E-state index contributed by atoms with van der Waals surface area (Å²) in [6.45, 7) is 9.46. The topological polar surface area (TPSA) is 45.9 Å². The Morgan fingerprint density at radius 2 is 1.97 bits per heavy atom. The average Bonchev–Trinajstić information content (AvgIpc) is 3.21. The van der Waals surface area contributed by atoms with Crippen LogP contribution in [-0.2, 0) is 17.8 Å². The molecule has 1 aromatic carbocycles. The zero-order chi connectivity index (χ0) is 20.6. The van der Waals surface area contributed by atoms with E-state index in [4.69, 9.17) is 9.15 Å². The third-order valence-electron chi connectivity index (χ3n) is 5.97. The van der Waals surface area contributed by atoms with Gasteiger partial charge < -0.3 is 19.0 Å². The van der Waals surface area contributed by atoms with Crippen molar-refractivity contribution in [2.75, 3.05) is 39.8 Å². The zero-order valence-corrected chi connectivity index (χ0v) is 18.0. The first kappa shape index (κ1) is 21.6. The van der Waals surface area contributed by atoms with E-state index in [9.17, 15) is 4.79 Å². The SMILES string of the molecule is CCN(CC1CCN(CCc2ccccc2C)CC1)C(=O)c1ccc(COC)o1. The second kappa shape index (κ2) is 10.6. The van der Waals surface area contributed by atoms with Crippen molar-refractivity contribution in [3.05, 3.63) is 59.0 Å². The lowest BCUT2D eigenvalue weighted by Gasteiger charge is -2.34. The van der Waals surface area contributed by atoms with Crippen LogP contribution in [0.3, 0.4) is 0 Å². The van der Waals surface area contributed by atoms with Crippen LogP contribution in [0.5, 0.6) is 0 Å². The molecule has 1 saturated heterocycles. The van der Waals surface area contributed by atoms with Gasteiger partial charge in [-0.25, -0.2) is 0 Å². The van der Waals surface area contributed by atoms with Gasteiger partial charge in [-0.2, -0.15) is 0 Å². The predicted octanol–water partition coefficient (Wildman–Crippen LogP) is 4.15. The van der Waals surface area contributed by atoms with Gasteiger partial charge in [0.25, 0.3) is 5.91 Å². The Morgan fingerprint density at radius 3 is 2.66 bits per heavy atom. The number of carbonyl (C=O) groups is 1. The third kappa shape index (κ3) is 5.94. The molecule has 5 nitrogen and oxygen atoms in total. The van der Waals surface area contributed by atoms with E-state index in [0.717, 1.165) is 45.4 Å². The summed E-state index contributed by atoms with van der Waals surface area (Å²) in [6, 6.07) is 12.2. The molecular formula is C24H34N2O3. The molecule has 1 aromatic heterocycles. The smallest absolute Gasteiger partial charge is 0.289 e. The van der Waals surface area contributed by atoms with Crippen molar-refractivity contribution in [1.29, 1.82) is 0 Å². The lowest BCUT2D eigenvalue weighted by Crippen LogP contribution is -2.41. The molecule has 0 radical (unpaired) electrons. The van der Waals surface area contributed by atoms with Crippen molar-refractivity contribution >= 4 is 5.91 Å². The fourth-order valence-electron chi connectivity index (χ4n) is 4.10. The van der Waals surface area contributed by atoms with Crippen LogP contribution in [0.25, 0.3) is 0 Å². The summed E-state index contributed by atoms with van der Waals surface area (Å²) in [6.07, 6.45) is 3.40. The molecule has 5 heteroatoms. The minimum absolute atomic E-state index is 0.0168. The Morgan fingerprint density at radius 1 is 1.21 bits per heavy atom. The fourth-order valence-corrected chi connectivity index (χ4v) is 4.10. The predicted molar refractivity (Wildman–Crippen MR) is 115 cm³/mol. The van der Waals surface area contributed by atoms with Gasteiger partial charge in [0.2, 0.25) is 0 Å². The highest BCUT2D eigenvalue weighted by molar-refractivity contribution is 5.91. The largest absolute Gasteiger partial charge is 0.453 e. The highest BCUT2D eigenvalue weighted by Crippen LogP contribution is 2.21. The Bertz CT molecular complexity index is 778. The number of piperidine rings is 1. The van der Waals surface area contributed by atoms with E-state index in [1.165, 1.54) is 11.1 Å². The number of benzene rings is 1. The summed E-state index contributed by atoms with van der Waals surface area (Å²) in [4.78, 5) is 17.3. The second-order valence-corrected chi connectivity index (χ2v) is 8.00. The Kier molecular flexibility index (Phi) is 7.90. The number of rotatable bonds is 9. The van der Waals surface area contributed by atoms with Crippen LogP contribution < -0.4 is 0 Å². The van der Waals surface area contributed by atoms with E-state index < -0.39 is 0 Å². The maximum atomic E-state index is 12.8. The van der Waals surface area contributed by atoms with Crippen LogP contribution in [-0.4, -0.2) is 55.5 Å². The summed E-state index contributed by atoms with van der Waals surface area (Å²) in [5.41, 5.74) is 2.83. The fraction of sp³-hybridized carbons (Fsp3) is 0.542. The number of furan rings is 1. The molecule has 0 bridgehead atoms. The Hall–Kier alpha value is -2.11. The van der Waals surface area contributed by atoms with Crippen LogP contribution in [0.2, 0.25) is 0 Å². The van der Waals surface area contributed by atoms with E-state index in [-0.39, 0.29) is 5.91 Å². The third-order valence-corrected chi connectivity index (χ3v) is 5.97. The number of hydrogen-bond donors (Lipinski definition) is 0. The molecule has 158 valence electrons. The number of likely N-dealkylation sites (tertiary alicyclic amines) is 1. The molecule has 1 fully saturated rings. The van der Waals surface area contributed by atoms with Gasteiger partial charge in [-0.1, -0.05) is 24.3 Å². The molecule has 0 aliphatic carbocycles. The van der Waals surface area contributed by atoms with Gasteiger partial charge in [0, 0.05) is 26.7 Å². The molecule has 0 atom stereocenters. The minimum Gasteiger partial charge on any atom is -0.453 e. The molecule has 1 aliphatic rings. The monoisotopic (exact) mass is 398 g/mol. The van der Waals surface area contributed by atoms with E-state index in [1.54, 1.807) is 13.2 Å². The van der Waals surface area contributed by atoms with E-state index in [2.05, 4.69) is 36.1 Å². The van der Waals surface area contributed by atoms with Crippen molar-refractivity contribution in [2.45, 2.75) is 39.7 Å². The number of methoxy groups -OCH3 is 1. The number of amides is 1. The quantitative estimate of drug-likeness (QED) is 0.637. The summed E-state index contributed by atoms with van der Waals surface area (Å²) < 4.78 is 10.7. The van der Waals surface area contributed by atoms with Crippen LogP contribution >= 0.6 is 0 Å². The van der Waals surface area contributed by atoms with Crippen molar-refractivity contribution in [1.82, 2.24) is 9.80 Å². The molecular weight excluding hydrogens is 364 g/mol. The molecule has 1 aliphatic heterocycles. The van der Waals surface area contributed by atoms with Crippen LogP contribution in [0.1, 0.15) is 47.2 Å². The van der Waals surface area contributed by atoms with Gasteiger partial charge in [0.15, 0.2) is 5.76 Å². The molecule has 0 unspecified atom stereocenters. The van der Waals surface area contributed by atoms with Gasteiger partial charge in [0.05, 0.1) is 0 Å². The average molecular weight is 399 g/mol. The van der Waals surface area contributed by atoms with Crippen LogP contribution in [0.15, 0.2) is 40.8 Å². The van der Waals surface area contributed by atoms with Crippen LogP contribution in [0, 0.1) is 12.8 Å². The van der Waals surface area contributed by atoms with E-state index in [1.807, 2.05) is 17.9 Å². The second-order valence-electron chi connectivity index (χ2n) is 8.00. The van der Waals surface area contributed by atoms with Gasteiger partial charge in [-0.05, 0) is 75.4 Å². The molecule has 1 amide bonds. The number of hydrogen-bond acceptors (Lipinski definition) is 4. The molecule has 0 N–H and O–H groups in total. The number of nitrogens with zero attached hydrogens (tertiary/aromatic N) is 2. The van der Waals surface area contributed by atoms with E-state index in [0.29, 0.717) is 30.6 Å². The summed E-state index contributed by atoms with van der Waals surface area (Å²) >= 11 is 0. The lowest BCUT2D eigenvalue weighted by molar-refractivity contribution is 0.0663.